The van der Waals surface area contributed by atoms with Gasteiger partial charge in [-0.3, -0.25) is 4.79 Å². The second-order valence-electron chi connectivity index (χ2n) is 8.61. The number of Topliss-reactive ketones (excluding diaryl/α,β-unsaturated/α-hetero) is 1. The lowest BCUT2D eigenvalue weighted by Gasteiger charge is -2.43. The van der Waals surface area contributed by atoms with Crippen LogP contribution in [-0.4, -0.2) is 23.3 Å². The highest BCUT2D eigenvalue weighted by Crippen LogP contribution is 2.40. The van der Waals surface area contributed by atoms with Gasteiger partial charge in [-0.25, -0.2) is 18.0 Å². The third-order valence-corrected chi connectivity index (χ3v) is 6.28. The molecule has 0 radical (unpaired) electrons. The maximum atomic E-state index is 14.1. The monoisotopic (exact) mass is 467 g/mol. The van der Waals surface area contributed by atoms with Crippen molar-refractivity contribution < 1.29 is 27.5 Å². The molecule has 1 fully saturated rings. The summed E-state index contributed by atoms with van der Waals surface area (Å²) in [5.41, 5.74) is 1.12. The van der Waals surface area contributed by atoms with Crippen molar-refractivity contribution in [1.29, 1.82) is 0 Å². The molecule has 1 amide bonds. The number of ketones is 1. The molecule has 3 aromatic carbocycles. The van der Waals surface area contributed by atoms with E-state index >= 15 is 0 Å². The van der Waals surface area contributed by atoms with Crippen LogP contribution in [-0.2, 0) is 15.1 Å². The molecule has 1 aliphatic rings. The number of hydrogen-bond acceptors (Lipinski definition) is 3. The van der Waals surface area contributed by atoms with Crippen LogP contribution in [0.1, 0.15) is 43.9 Å². The van der Waals surface area contributed by atoms with Crippen LogP contribution in [0.2, 0.25) is 0 Å². The first-order valence-electron chi connectivity index (χ1n) is 11.0. The molecule has 7 heteroatoms. The molecule has 4 rings (SSSR count). The molecule has 1 saturated heterocycles. The van der Waals surface area contributed by atoms with E-state index in [0.717, 1.165) is 11.6 Å². The highest BCUT2D eigenvalue weighted by molar-refractivity contribution is 5.78. The van der Waals surface area contributed by atoms with E-state index in [1.807, 2.05) is 6.92 Å². The Morgan fingerprint density at radius 2 is 1.65 bits per heavy atom. The quantitative estimate of drug-likeness (QED) is 0.413. The van der Waals surface area contributed by atoms with Crippen molar-refractivity contribution >= 4 is 11.9 Å². The molecule has 0 aromatic heterocycles. The van der Waals surface area contributed by atoms with Crippen LogP contribution in [0.15, 0.2) is 66.7 Å². The topological polar surface area (TPSA) is 46.6 Å². The second-order valence-corrected chi connectivity index (χ2v) is 8.61. The molecule has 1 heterocycles. The molecule has 0 aliphatic carbocycles. The van der Waals surface area contributed by atoms with Gasteiger partial charge >= 0.3 is 6.09 Å². The lowest BCUT2D eigenvalue weighted by Crippen LogP contribution is -2.49. The summed E-state index contributed by atoms with van der Waals surface area (Å²) in [5.74, 6) is -1.84. The van der Waals surface area contributed by atoms with E-state index in [4.69, 9.17) is 4.74 Å². The van der Waals surface area contributed by atoms with Crippen LogP contribution in [0.5, 0.6) is 0 Å². The van der Waals surface area contributed by atoms with Gasteiger partial charge in [-0.2, -0.15) is 0 Å². The first kappa shape index (κ1) is 23.5. The molecule has 4 nitrogen and oxygen atoms in total. The third-order valence-electron chi connectivity index (χ3n) is 6.28. The number of cyclic esters (lactones) is 1. The Morgan fingerprint density at radius 1 is 1.00 bits per heavy atom. The van der Waals surface area contributed by atoms with Gasteiger partial charge in [0.1, 0.15) is 28.8 Å². The van der Waals surface area contributed by atoms with E-state index in [0.29, 0.717) is 24.1 Å². The summed E-state index contributed by atoms with van der Waals surface area (Å²) in [6.45, 7) is 3.61. The minimum atomic E-state index is -1.14. The maximum Gasteiger partial charge on any atom is 0.411 e. The fourth-order valence-corrected chi connectivity index (χ4v) is 4.45. The molecule has 0 N–H and O–H groups in total. The first-order chi connectivity index (χ1) is 16.2. The minimum Gasteiger partial charge on any atom is -0.437 e. The number of carbonyl (C=O) groups is 2. The molecule has 0 saturated carbocycles. The Balaban J connectivity index is 1.54. The van der Waals surface area contributed by atoms with Gasteiger partial charge in [-0.05, 0) is 54.8 Å². The number of halogens is 3. The van der Waals surface area contributed by atoms with Crippen LogP contribution >= 0.6 is 0 Å². The fraction of sp³-hybridized carbons (Fsp3) is 0.259. The molecule has 1 aliphatic heterocycles. The molecular weight excluding hydrogens is 443 g/mol. The normalized spacial score (nSPS) is 19.0. The summed E-state index contributed by atoms with van der Waals surface area (Å²) >= 11 is 0. The Bertz CT molecular complexity index is 1210. The van der Waals surface area contributed by atoms with E-state index < -0.39 is 29.1 Å². The summed E-state index contributed by atoms with van der Waals surface area (Å²) in [5, 5.41) is 0. The van der Waals surface area contributed by atoms with Gasteiger partial charge in [-0.15, -0.1) is 0 Å². The van der Waals surface area contributed by atoms with Crippen LogP contribution in [0.4, 0.5) is 18.0 Å². The van der Waals surface area contributed by atoms with E-state index in [1.54, 1.807) is 29.2 Å². The van der Waals surface area contributed by atoms with Crippen molar-refractivity contribution in [2.75, 3.05) is 6.54 Å². The molecule has 0 spiro atoms. The van der Waals surface area contributed by atoms with Crippen molar-refractivity contribution in [3.63, 3.8) is 0 Å². The largest absolute Gasteiger partial charge is 0.437 e. The number of rotatable bonds is 6. The average molecular weight is 467 g/mol. The van der Waals surface area contributed by atoms with Crippen LogP contribution in [0, 0.1) is 17.5 Å². The Hall–Kier alpha value is -3.61. The van der Waals surface area contributed by atoms with Crippen molar-refractivity contribution in [2.45, 2.75) is 38.3 Å². The summed E-state index contributed by atoms with van der Waals surface area (Å²) in [4.78, 5) is 26.6. The average Bonchev–Trinajstić information content (AvgIpc) is 2.79. The van der Waals surface area contributed by atoms with E-state index in [9.17, 15) is 22.8 Å². The van der Waals surface area contributed by atoms with Crippen molar-refractivity contribution in [3.8, 4) is 11.1 Å². The molecule has 1 unspecified atom stereocenters. The lowest BCUT2D eigenvalue weighted by molar-refractivity contribution is -0.126. The highest BCUT2D eigenvalue weighted by Gasteiger charge is 2.44. The SMILES string of the molecule is CC(=O)CC1(c2ccc(F)cc2)CCN([C@@H](C)c2ccc(-c3ccc(F)cc3F)cc2)C(=O)O1. The van der Waals surface area contributed by atoms with E-state index in [1.165, 1.54) is 43.3 Å². The predicted molar refractivity (Wildman–Crippen MR) is 121 cm³/mol. The second kappa shape index (κ2) is 9.33. The zero-order valence-corrected chi connectivity index (χ0v) is 18.9. The third kappa shape index (κ3) is 4.69. The molecule has 34 heavy (non-hydrogen) atoms. The number of ether oxygens (including phenoxy) is 1. The predicted octanol–water partition coefficient (Wildman–Crippen LogP) is 6.55. The van der Waals surface area contributed by atoms with Gasteiger partial charge in [-0.1, -0.05) is 36.4 Å². The Kier molecular flexibility index (Phi) is 6.46. The summed E-state index contributed by atoms with van der Waals surface area (Å²) < 4.78 is 46.6. The van der Waals surface area contributed by atoms with Gasteiger partial charge in [0.25, 0.3) is 0 Å². The number of amides is 1. The van der Waals surface area contributed by atoms with Crippen molar-refractivity contribution in [3.05, 3.63) is 95.3 Å². The number of benzene rings is 3. The standard InChI is InChI=1S/C27H24F3NO3/c1-17(32)16-27(21-7-9-22(28)10-8-21)13-14-31(26(33)34-27)18(2)19-3-5-20(6-4-19)24-12-11-23(29)15-25(24)30/h3-12,15,18H,13-14,16H2,1-2H3/t18-,27?/m0/s1. The number of hydrogen-bond donors (Lipinski definition) is 0. The Labute approximate surface area is 196 Å². The smallest absolute Gasteiger partial charge is 0.411 e. The summed E-state index contributed by atoms with van der Waals surface area (Å²) in [6.07, 6.45) is -0.199. The molecule has 0 bridgehead atoms. The van der Waals surface area contributed by atoms with Gasteiger partial charge in [0.2, 0.25) is 0 Å². The maximum absolute atomic E-state index is 14.1. The van der Waals surface area contributed by atoms with Gasteiger partial charge in [0.05, 0.1) is 12.5 Å². The summed E-state index contributed by atoms with van der Waals surface area (Å²) in [6, 6.07) is 15.7. The Morgan fingerprint density at radius 3 is 2.24 bits per heavy atom. The van der Waals surface area contributed by atoms with E-state index in [2.05, 4.69) is 0 Å². The van der Waals surface area contributed by atoms with Crippen LogP contribution in [0.3, 0.4) is 0 Å². The molecule has 2 atom stereocenters. The molecule has 3 aromatic rings. The van der Waals surface area contributed by atoms with Gasteiger partial charge in [0, 0.05) is 24.6 Å². The minimum absolute atomic E-state index is 0.00449. The van der Waals surface area contributed by atoms with Gasteiger partial charge < -0.3 is 9.64 Å². The lowest BCUT2D eigenvalue weighted by atomic mass is 9.84. The van der Waals surface area contributed by atoms with E-state index in [-0.39, 0.29) is 23.8 Å². The zero-order valence-electron chi connectivity index (χ0n) is 18.9. The highest BCUT2D eigenvalue weighted by atomic mass is 19.1. The molecular formula is C27H24F3NO3. The van der Waals surface area contributed by atoms with Crippen molar-refractivity contribution in [1.82, 2.24) is 4.90 Å². The fourth-order valence-electron chi connectivity index (χ4n) is 4.45. The zero-order chi connectivity index (χ0) is 24.5. The summed E-state index contributed by atoms with van der Waals surface area (Å²) in [7, 11) is 0. The molecule has 176 valence electrons. The first-order valence-corrected chi connectivity index (χ1v) is 11.0. The van der Waals surface area contributed by atoms with Crippen LogP contribution in [0.25, 0.3) is 11.1 Å². The number of carbonyl (C=O) groups excluding carboxylic acids is 2. The van der Waals surface area contributed by atoms with Crippen LogP contribution < -0.4 is 0 Å². The number of nitrogens with zero attached hydrogens (tertiary/aromatic N) is 1. The van der Waals surface area contributed by atoms with Crippen molar-refractivity contribution in [2.24, 2.45) is 0 Å². The van der Waals surface area contributed by atoms with Gasteiger partial charge in [0.15, 0.2) is 0 Å².